The van der Waals surface area contributed by atoms with Crippen LogP contribution in [0.5, 0.6) is 0 Å². The third-order valence-corrected chi connectivity index (χ3v) is 3.64. The topological polar surface area (TPSA) is 151 Å². The summed E-state index contributed by atoms with van der Waals surface area (Å²) in [7, 11) is 0. The molecule has 2 aromatic carbocycles. The Morgan fingerprint density at radius 3 is 2.37 bits per heavy atom. The number of anilines is 2. The van der Waals surface area contributed by atoms with E-state index in [0.29, 0.717) is 11.3 Å². The van der Waals surface area contributed by atoms with Crippen molar-refractivity contribution in [3.63, 3.8) is 0 Å². The Hall–Kier alpha value is -3.90. The maximum absolute atomic E-state index is 12.2. The predicted octanol–water partition coefficient (Wildman–Crippen LogP) is 2.81. The van der Waals surface area contributed by atoms with Gasteiger partial charge in [0.1, 0.15) is 16.7 Å². The molecule has 0 spiro atoms. The molecule has 2 aromatic rings. The first-order valence-corrected chi connectivity index (χ1v) is 7.71. The molecule has 0 aliphatic rings. The number of rotatable bonds is 6. The van der Waals surface area contributed by atoms with Gasteiger partial charge in [-0.05, 0) is 36.4 Å². The SMILES string of the molecule is N#C/C(=C/Nc1ccc(C(N)=O)cc1)C(=O)Nc1ccc(Cl)c([N+](=O)[O-])c1. The van der Waals surface area contributed by atoms with Crippen molar-refractivity contribution in [1.82, 2.24) is 0 Å². The minimum atomic E-state index is -0.768. The van der Waals surface area contributed by atoms with Gasteiger partial charge in [-0.15, -0.1) is 0 Å². The number of benzene rings is 2. The molecule has 27 heavy (non-hydrogen) atoms. The third kappa shape index (κ3) is 5.04. The highest BCUT2D eigenvalue weighted by atomic mass is 35.5. The molecule has 0 saturated carbocycles. The number of nitro groups is 1. The van der Waals surface area contributed by atoms with Crippen molar-refractivity contribution < 1.29 is 14.5 Å². The highest BCUT2D eigenvalue weighted by Crippen LogP contribution is 2.27. The van der Waals surface area contributed by atoms with E-state index < -0.39 is 16.7 Å². The number of nitrogens with one attached hydrogen (secondary N) is 2. The van der Waals surface area contributed by atoms with Gasteiger partial charge < -0.3 is 16.4 Å². The fourth-order valence-electron chi connectivity index (χ4n) is 1.96. The van der Waals surface area contributed by atoms with Crippen LogP contribution in [-0.2, 0) is 4.79 Å². The lowest BCUT2D eigenvalue weighted by atomic mass is 10.2. The van der Waals surface area contributed by atoms with E-state index in [1.165, 1.54) is 30.5 Å². The molecule has 9 nitrogen and oxygen atoms in total. The van der Waals surface area contributed by atoms with Gasteiger partial charge in [0.2, 0.25) is 5.91 Å². The first kappa shape index (κ1) is 19.4. The Bertz CT molecular complexity index is 980. The number of nitro benzene ring substituents is 1. The van der Waals surface area contributed by atoms with Gasteiger partial charge in [-0.3, -0.25) is 19.7 Å². The molecular weight excluding hydrogens is 374 g/mol. The average Bonchev–Trinajstić information content (AvgIpc) is 2.64. The van der Waals surface area contributed by atoms with E-state index in [1.807, 2.05) is 0 Å². The van der Waals surface area contributed by atoms with Crippen LogP contribution in [-0.4, -0.2) is 16.7 Å². The Kier molecular flexibility index (Phi) is 6.09. The van der Waals surface area contributed by atoms with E-state index in [-0.39, 0.29) is 22.0 Å². The summed E-state index contributed by atoms with van der Waals surface area (Å²) in [6, 6.07) is 11.5. The molecule has 10 heteroatoms. The van der Waals surface area contributed by atoms with Gasteiger partial charge in [0.15, 0.2) is 0 Å². The van der Waals surface area contributed by atoms with Gasteiger partial charge in [0.05, 0.1) is 4.92 Å². The summed E-state index contributed by atoms with van der Waals surface area (Å²) in [5, 5.41) is 25.1. The van der Waals surface area contributed by atoms with Crippen molar-refractivity contribution in [2.24, 2.45) is 5.73 Å². The van der Waals surface area contributed by atoms with Crippen molar-refractivity contribution in [2.45, 2.75) is 0 Å². The van der Waals surface area contributed by atoms with Crippen LogP contribution < -0.4 is 16.4 Å². The lowest BCUT2D eigenvalue weighted by Crippen LogP contribution is -2.14. The fraction of sp³-hybridized carbons (Fsp3) is 0. The van der Waals surface area contributed by atoms with Crippen LogP contribution in [0, 0.1) is 21.4 Å². The largest absolute Gasteiger partial charge is 0.366 e. The maximum atomic E-state index is 12.2. The van der Waals surface area contributed by atoms with Crippen LogP contribution in [0.15, 0.2) is 54.2 Å². The zero-order chi connectivity index (χ0) is 20.0. The molecule has 0 radical (unpaired) electrons. The van der Waals surface area contributed by atoms with E-state index in [0.717, 1.165) is 6.07 Å². The Morgan fingerprint density at radius 2 is 1.81 bits per heavy atom. The number of amides is 2. The van der Waals surface area contributed by atoms with E-state index in [9.17, 15) is 19.7 Å². The summed E-state index contributed by atoms with van der Waals surface area (Å²) in [4.78, 5) is 33.4. The molecule has 0 heterocycles. The average molecular weight is 386 g/mol. The third-order valence-electron chi connectivity index (χ3n) is 3.32. The molecule has 136 valence electrons. The highest BCUT2D eigenvalue weighted by Gasteiger charge is 2.15. The van der Waals surface area contributed by atoms with Crippen molar-refractivity contribution in [3.8, 4) is 6.07 Å². The van der Waals surface area contributed by atoms with Crippen molar-refractivity contribution in [1.29, 1.82) is 5.26 Å². The lowest BCUT2D eigenvalue weighted by molar-refractivity contribution is -0.384. The van der Waals surface area contributed by atoms with E-state index in [4.69, 9.17) is 22.6 Å². The van der Waals surface area contributed by atoms with Crippen LogP contribution >= 0.6 is 11.6 Å². The van der Waals surface area contributed by atoms with Gasteiger partial charge in [0.25, 0.3) is 11.6 Å². The van der Waals surface area contributed by atoms with Gasteiger partial charge >= 0.3 is 0 Å². The second-order valence-electron chi connectivity index (χ2n) is 5.13. The first-order valence-electron chi connectivity index (χ1n) is 7.34. The Morgan fingerprint density at radius 1 is 1.19 bits per heavy atom. The van der Waals surface area contributed by atoms with E-state index in [2.05, 4.69) is 10.6 Å². The van der Waals surface area contributed by atoms with Gasteiger partial charge in [-0.2, -0.15) is 5.26 Å². The lowest BCUT2D eigenvalue weighted by Gasteiger charge is -2.06. The maximum Gasteiger partial charge on any atom is 0.289 e. The second kappa shape index (κ2) is 8.46. The fourth-order valence-corrected chi connectivity index (χ4v) is 2.15. The van der Waals surface area contributed by atoms with Gasteiger partial charge in [-0.1, -0.05) is 11.6 Å². The standard InChI is InChI=1S/C17H12ClN5O4/c18-14-6-5-13(7-15(14)23(26)27)22-17(25)11(8-19)9-21-12-3-1-10(2-4-12)16(20)24/h1-7,9,21H,(H2,20,24)(H,22,25)/b11-9-. The smallest absolute Gasteiger partial charge is 0.289 e. The molecule has 0 aliphatic carbocycles. The summed E-state index contributed by atoms with van der Waals surface area (Å²) in [5.41, 5.74) is 5.44. The van der Waals surface area contributed by atoms with E-state index in [1.54, 1.807) is 18.2 Å². The van der Waals surface area contributed by atoms with Crippen LogP contribution in [0.2, 0.25) is 5.02 Å². The number of nitrogens with zero attached hydrogens (tertiary/aromatic N) is 2. The summed E-state index contributed by atoms with van der Waals surface area (Å²) in [5.74, 6) is -1.35. The van der Waals surface area contributed by atoms with Crippen molar-refractivity contribution in [2.75, 3.05) is 10.6 Å². The quantitative estimate of drug-likeness (QED) is 0.301. The highest BCUT2D eigenvalue weighted by molar-refractivity contribution is 6.32. The molecule has 4 N–H and O–H groups in total. The van der Waals surface area contributed by atoms with Gasteiger partial charge in [-0.25, -0.2) is 0 Å². The Labute approximate surface area is 158 Å². The number of hydrogen-bond donors (Lipinski definition) is 3. The molecule has 0 unspecified atom stereocenters. The zero-order valence-corrected chi connectivity index (χ0v) is 14.4. The van der Waals surface area contributed by atoms with E-state index >= 15 is 0 Å². The number of halogens is 1. The number of hydrogen-bond acceptors (Lipinski definition) is 6. The number of carbonyl (C=O) groups excluding carboxylic acids is 2. The summed E-state index contributed by atoms with van der Waals surface area (Å²) in [6.07, 6.45) is 1.17. The summed E-state index contributed by atoms with van der Waals surface area (Å²) < 4.78 is 0. The van der Waals surface area contributed by atoms with Crippen LogP contribution in [0.25, 0.3) is 0 Å². The molecule has 2 amide bonds. The van der Waals surface area contributed by atoms with Crippen LogP contribution in [0.1, 0.15) is 10.4 Å². The van der Waals surface area contributed by atoms with Crippen molar-refractivity contribution in [3.05, 3.63) is 74.9 Å². The molecule has 0 bridgehead atoms. The van der Waals surface area contributed by atoms with Crippen LogP contribution in [0.4, 0.5) is 17.1 Å². The predicted molar refractivity (Wildman–Crippen MR) is 99.0 cm³/mol. The molecule has 0 atom stereocenters. The number of nitriles is 1. The molecular formula is C17H12ClN5O4. The van der Waals surface area contributed by atoms with Crippen LogP contribution in [0.3, 0.4) is 0 Å². The minimum Gasteiger partial charge on any atom is -0.366 e. The Balaban J connectivity index is 2.12. The molecule has 0 aliphatic heterocycles. The zero-order valence-electron chi connectivity index (χ0n) is 13.6. The number of nitrogens with two attached hydrogens (primary N) is 1. The molecule has 2 rings (SSSR count). The minimum absolute atomic E-state index is 0.0740. The molecule has 0 aromatic heterocycles. The summed E-state index contributed by atoms with van der Waals surface area (Å²) in [6.45, 7) is 0. The molecule has 0 fully saturated rings. The number of primary amides is 1. The van der Waals surface area contributed by atoms with Gasteiger partial charge in [0, 0.05) is 29.2 Å². The second-order valence-corrected chi connectivity index (χ2v) is 5.54. The monoisotopic (exact) mass is 385 g/mol. The first-order chi connectivity index (χ1) is 12.8. The normalized spacial score (nSPS) is 10.6. The molecule has 0 saturated heterocycles. The van der Waals surface area contributed by atoms with Crippen molar-refractivity contribution >= 4 is 40.5 Å². The summed E-state index contributed by atoms with van der Waals surface area (Å²) >= 11 is 5.71. The number of carbonyl (C=O) groups is 2.